The van der Waals surface area contributed by atoms with Gasteiger partial charge < -0.3 is 4.74 Å². The van der Waals surface area contributed by atoms with Crippen LogP contribution in [0.5, 0.6) is 5.75 Å². The zero-order valence-corrected chi connectivity index (χ0v) is 11.3. The number of rotatable bonds is 3. The lowest BCUT2D eigenvalue weighted by atomic mass is 10.2. The van der Waals surface area contributed by atoms with Crippen molar-refractivity contribution in [1.29, 1.82) is 0 Å². The molecule has 0 aliphatic carbocycles. The molecule has 0 saturated carbocycles. The van der Waals surface area contributed by atoms with Crippen molar-refractivity contribution in [3.63, 3.8) is 0 Å². The van der Waals surface area contributed by atoms with Crippen molar-refractivity contribution >= 4 is 28.6 Å². The van der Waals surface area contributed by atoms with Crippen LogP contribution in [0.25, 0.3) is 0 Å². The summed E-state index contributed by atoms with van der Waals surface area (Å²) in [5.41, 5.74) is 1.77. The van der Waals surface area contributed by atoms with E-state index in [0.717, 1.165) is 4.43 Å². The molecule has 0 saturated heterocycles. The molecule has 2 aromatic carbocycles. The highest BCUT2D eigenvalue weighted by Gasteiger charge is 2.07. The Morgan fingerprint density at radius 1 is 1.00 bits per heavy atom. The van der Waals surface area contributed by atoms with E-state index in [1.807, 2.05) is 42.5 Å². The fourth-order valence-corrected chi connectivity index (χ4v) is 1.90. The monoisotopic (exact) mass is 338 g/mol. The second-order valence-electron chi connectivity index (χ2n) is 3.53. The van der Waals surface area contributed by atoms with E-state index in [9.17, 15) is 4.79 Å². The van der Waals surface area contributed by atoms with Crippen molar-refractivity contribution in [2.24, 2.45) is 0 Å². The number of carbonyl (C=O) groups is 1. The Kier molecular flexibility index (Phi) is 4.14. The average molecular weight is 338 g/mol. The number of alkyl halides is 1. The summed E-state index contributed by atoms with van der Waals surface area (Å²) in [5.74, 6) is 0.250. The van der Waals surface area contributed by atoms with Crippen molar-refractivity contribution in [3.05, 3.63) is 65.7 Å². The maximum Gasteiger partial charge on any atom is 0.343 e. The van der Waals surface area contributed by atoms with Crippen LogP contribution in [0.1, 0.15) is 15.9 Å². The summed E-state index contributed by atoms with van der Waals surface area (Å²) in [6, 6.07) is 16.5. The van der Waals surface area contributed by atoms with Crippen LogP contribution in [0.2, 0.25) is 0 Å². The van der Waals surface area contributed by atoms with Crippen LogP contribution >= 0.6 is 22.6 Å². The molecular weight excluding hydrogens is 327 g/mol. The molecule has 86 valence electrons. The largest absolute Gasteiger partial charge is 0.423 e. The molecule has 2 rings (SSSR count). The molecule has 0 aliphatic heterocycles. The number of carbonyl (C=O) groups excluding carboxylic acids is 1. The van der Waals surface area contributed by atoms with Gasteiger partial charge in [-0.15, -0.1) is 0 Å². The summed E-state index contributed by atoms with van der Waals surface area (Å²) in [7, 11) is 0. The first kappa shape index (κ1) is 12.1. The topological polar surface area (TPSA) is 26.3 Å². The van der Waals surface area contributed by atoms with Crippen molar-refractivity contribution in [2.75, 3.05) is 0 Å². The molecule has 0 atom stereocenters. The van der Waals surface area contributed by atoms with E-state index >= 15 is 0 Å². The maximum absolute atomic E-state index is 11.7. The Balaban J connectivity index is 2.08. The quantitative estimate of drug-likeness (QED) is 0.368. The Morgan fingerprint density at radius 2 is 1.65 bits per heavy atom. The Hall–Kier alpha value is -1.36. The van der Waals surface area contributed by atoms with Gasteiger partial charge in [0.05, 0.1) is 5.56 Å². The van der Waals surface area contributed by atoms with Gasteiger partial charge in [0.2, 0.25) is 0 Å². The van der Waals surface area contributed by atoms with Gasteiger partial charge in [-0.25, -0.2) is 4.79 Å². The lowest BCUT2D eigenvalue weighted by Crippen LogP contribution is -2.07. The maximum atomic E-state index is 11.7. The number of ether oxygens (including phenoxy) is 1. The minimum Gasteiger partial charge on any atom is -0.423 e. The molecule has 3 heteroatoms. The Labute approximate surface area is 114 Å². The van der Waals surface area contributed by atoms with Gasteiger partial charge >= 0.3 is 5.97 Å². The number of hydrogen-bond donors (Lipinski definition) is 0. The van der Waals surface area contributed by atoms with Crippen molar-refractivity contribution in [3.8, 4) is 5.75 Å². The smallest absolute Gasteiger partial charge is 0.343 e. The Bertz CT molecular complexity index is 491. The summed E-state index contributed by atoms with van der Waals surface area (Å²) in [6.45, 7) is 0. The van der Waals surface area contributed by atoms with Crippen molar-refractivity contribution < 1.29 is 9.53 Å². The molecule has 0 unspecified atom stereocenters. The SMILES string of the molecule is O=C(Oc1ccc(CI)cc1)c1ccccc1. The molecule has 0 aliphatic rings. The second kappa shape index (κ2) is 5.82. The van der Waals surface area contributed by atoms with Gasteiger partial charge in [-0.05, 0) is 29.8 Å². The van der Waals surface area contributed by atoms with Gasteiger partial charge in [-0.2, -0.15) is 0 Å². The van der Waals surface area contributed by atoms with Gasteiger partial charge in [0, 0.05) is 4.43 Å². The van der Waals surface area contributed by atoms with E-state index in [1.165, 1.54) is 5.56 Å². The number of benzene rings is 2. The highest BCUT2D eigenvalue weighted by Crippen LogP contribution is 2.15. The fourth-order valence-electron chi connectivity index (χ4n) is 1.39. The lowest BCUT2D eigenvalue weighted by Gasteiger charge is -2.04. The molecule has 0 bridgehead atoms. The zero-order valence-electron chi connectivity index (χ0n) is 9.10. The normalized spacial score (nSPS) is 9.94. The van der Waals surface area contributed by atoms with E-state index in [-0.39, 0.29) is 5.97 Å². The third kappa shape index (κ3) is 3.30. The first-order valence-electron chi connectivity index (χ1n) is 5.22. The summed E-state index contributed by atoms with van der Waals surface area (Å²) in [4.78, 5) is 11.7. The van der Waals surface area contributed by atoms with Crippen LogP contribution in [-0.4, -0.2) is 5.97 Å². The van der Waals surface area contributed by atoms with Gasteiger partial charge in [0.1, 0.15) is 5.75 Å². The van der Waals surface area contributed by atoms with E-state index in [0.29, 0.717) is 11.3 Å². The highest BCUT2D eigenvalue weighted by atomic mass is 127. The summed E-state index contributed by atoms with van der Waals surface area (Å²) in [6.07, 6.45) is 0. The van der Waals surface area contributed by atoms with Crippen LogP contribution in [0.4, 0.5) is 0 Å². The molecule has 0 heterocycles. The first-order valence-corrected chi connectivity index (χ1v) is 6.74. The predicted molar refractivity (Wildman–Crippen MR) is 75.6 cm³/mol. The predicted octanol–water partition coefficient (Wildman–Crippen LogP) is 3.84. The molecule has 0 spiro atoms. The molecule has 2 aromatic rings. The lowest BCUT2D eigenvalue weighted by molar-refractivity contribution is 0.0735. The standard InChI is InChI=1S/C14H11IO2/c15-10-11-6-8-13(9-7-11)17-14(16)12-4-2-1-3-5-12/h1-9H,10H2. The third-order valence-corrected chi connectivity index (χ3v) is 3.18. The molecule has 2 nitrogen and oxygen atoms in total. The molecule has 0 aromatic heterocycles. The molecular formula is C14H11IO2. The molecule has 0 N–H and O–H groups in total. The highest BCUT2D eigenvalue weighted by molar-refractivity contribution is 14.1. The number of esters is 1. The van der Waals surface area contributed by atoms with Gasteiger partial charge in [0.25, 0.3) is 0 Å². The van der Waals surface area contributed by atoms with Gasteiger partial charge in [-0.1, -0.05) is 52.9 Å². The fraction of sp³-hybridized carbons (Fsp3) is 0.0714. The molecule has 0 amide bonds. The molecule has 0 fully saturated rings. The van der Waals surface area contributed by atoms with E-state index in [2.05, 4.69) is 22.6 Å². The van der Waals surface area contributed by atoms with E-state index < -0.39 is 0 Å². The van der Waals surface area contributed by atoms with Gasteiger partial charge in [-0.3, -0.25) is 0 Å². The summed E-state index contributed by atoms with van der Waals surface area (Å²) < 4.78 is 6.21. The first-order chi connectivity index (χ1) is 8.29. The van der Waals surface area contributed by atoms with Crippen LogP contribution in [-0.2, 0) is 4.43 Å². The van der Waals surface area contributed by atoms with Gasteiger partial charge in [0.15, 0.2) is 0 Å². The minimum absolute atomic E-state index is 0.326. The number of hydrogen-bond acceptors (Lipinski definition) is 2. The summed E-state index contributed by atoms with van der Waals surface area (Å²) >= 11 is 2.29. The zero-order chi connectivity index (χ0) is 12.1. The van der Waals surface area contributed by atoms with E-state index in [1.54, 1.807) is 12.1 Å². The second-order valence-corrected chi connectivity index (χ2v) is 4.30. The summed E-state index contributed by atoms with van der Waals surface area (Å²) in [5, 5.41) is 0. The average Bonchev–Trinajstić information content (AvgIpc) is 2.40. The number of halogens is 1. The Morgan fingerprint density at radius 3 is 2.24 bits per heavy atom. The molecule has 0 radical (unpaired) electrons. The van der Waals surface area contributed by atoms with Crippen LogP contribution in [0.15, 0.2) is 54.6 Å². The van der Waals surface area contributed by atoms with Crippen LogP contribution in [0.3, 0.4) is 0 Å². The van der Waals surface area contributed by atoms with Crippen LogP contribution < -0.4 is 4.74 Å². The molecule has 17 heavy (non-hydrogen) atoms. The van der Waals surface area contributed by atoms with Crippen molar-refractivity contribution in [1.82, 2.24) is 0 Å². The van der Waals surface area contributed by atoms with E-state index in [4.69, 9.17) is 4.74 Å². The van der Waals surface area contributed by atoms with Crippen LogP contribution in [0, 0.1) is 0 Å². The minimum atomic E-state index is -0.326. The third-order valence-electron chi connectivity index (χ3n) is 2.30. The van der Waals surface area contributed by atoms with Crippen molar-refractivity contribution in [2.45, 2.75) is 4.43 Å².